The van der Waals surface area contributed by atoms with Gasteiger partial charge >= 0.3 is 0 Å². The average molecular weight is 451 g/mol. The van der Waals surface area contributed by atoms with Crippen LogP contribution in [0.25, 0.3) is 0 Å². The maximum atomic E-state index is 6.11. The highest BCUT2D eigenvalue weighted by molar-refractivity contribution is 9.10. The van der Waals surface area contributed by atoms with Crippen molar-refractivity contribution in [3.63, 3.8) is 0 Å². The van der Waals surface area contributed by atoms with E-state index in [1.54, 1.807) is 20.3 Å². The Bertz CT molecular complexity index is 919. The zero-order chi connectivity index (χ0) is 19.2. The predicted molar refractivity (Wildman–Crippen MR) is 108 cm³/mol. The largest absolute Gasteiger partial charge is 0.497 e. The SMILES string of the molecule is COc1cccc(OCc2nnc(SCc3cc(Br)ccc3OC)n2N)c1. The molecule has 2 N–H and O–H groups in total. The number of nitrogen functional groups attached to an aromatic ring is 1. The third-order valence-electron chi connectivity index (χ3n) is 3.74. The van der Waals surface area contributed by atoms with E-state index in [9.17, 15) is 0 Å². The van der Waals surface area contributed by atoms with Crippen LogP contribution in [0, 0.1) is 0 Å². The first-order chi connectivity index (χ1) is 13.1. The number of rotatable bonds is 8. The maximum Gasteiger partial charge on any atom is 0.210 e. The van der Waals surface area contributed by atoms with Crippen molar-refractivity contribution < 1.29 is 14.2 Å². The number of benzene rings is 2. The Morgan fingerprint density at radius 3 is 2.67 bits per heavy atom. The van der Waals surface area contributed by atoms with Crippen LogP contribution in [0.4, 0.5) is 0 Å². The molecule has 1 heterocycles. The summed E-state index contributed by atoms with van der Waals surface area (Å²) >= 11 is 4.95. The molecule has 0 atom stereocenters. The average Bonchev–Trinajstić information content (AvgIpc) is 3.04. The van der Waals surface area contributed by atoms with Crippen LogP contribution in [0.2, 0.25) is 0 Å². The van der Waals surface area contributed by atoms with Gasteiger partial charge in [-0.2, -0.15) is 0 Å². The molecule has 3 aromatic rings. The molecule has 1 aromatic heterocycles. The Morgan fingerprint density at radius 1 is 1.07 bits per heavy atom. The van der Waals surface area contributed by atoms with E-state index in [1.165, 1.54) is 16.4 Å². The quantitative estimate of drug-likeness (QED) is 0.414. The zero-order valence-electron chi connectivity index (χ0n) is 14.9. The van der Waals surface area contributed by atoms with E-state index in [-0.39, 0.29) is 6.61 Å². The van der Waals surface area contributed by atoms with Crippen LogP contribution in [0.15, 0.2) is 52.1 Å². The van der Waals surface area contributed by atoms with Gasteiger partial charge in [-0.25, -0.2) is 4.68 Å². The minimum absolute atomic E-state index is 0.206. The third-order valence-corrected chi connectivity index (χ3v) is 5.23. The monoisotopic (exact) mass is 450 g/mol. The molecule has 0 saturated carbocycles. The molecule has 0 aliphatic carbocycles. The predicted octanol–water partition coefficient (Wildman–Crippen LogP) is 3.64. The molecule has 0 unspecified atom stereocenters. The first-order valence-corrected chi connectivity index (χ1v) is 9.80. The van der Waals surface area contributed by atoms with E-state index >= 15 is 0 Å². The molecule has 27 heavy (non-hydrogen) atoms. The van der Waals surface area contributed by atoms with Crippen molar-refractivity contribution in [3.8, 4) is 17.2 Å². The van der Waals surface area contributed by atoms with Gasteiger partial charge in [0.2, 0.25) is 5.16 Å². The molecule has 142 valence electrons. The van der Waals surface area contributed by atoms with Gasteiger partial charge in [0.15, 0.2) is 5.82 Å². The molecule has 2 aromatic carbocycles. The first kappa shape index (κ1) is 19.4. The smallest absolute Gasteiger partial charge is 0.210 e. The highest BCUT2D eigenvalue weighted by Crippen LogP contribution is 2.29. The zero-order valence-corrected chi connectivity index (χ0v) is 17.3. The van der Waals surface area contributed by atoms with Crippen LogP contribution in [-0.2, 0) is 12.4 Å². The Hall–Kier alpha value is -2.39. The van der Waals surface area contributed by atoms with Crippen LogP contribution in [0.3, 0.4) is 0 Å². The fourth-order valence-electron chi connectivity index (χ4n) is 2.35. The van der Waals surface area contributed by atoms with Crippen molar-refractivity contribution in [1.82, 2.24) is 14.9 Å². The topological polar surface area (TPSA) is 84.4 Å². The molecule has 0 saturated heterocycles. The highest BCUT2D eigenvalue weighted by Gasteiger charge is 2.13. The Morgan fingerprint density at radius 2 is 1.89 bits per heavy atom. The number of thioether (sulfide) groups is 1. The number of aromatic nitrogens is 3. The molecular weight excluding hydrogens is 432 g/mol. The Labute approximate surface area is 169 Å². The van der Waals surface area contributed by atoms with Crippen LogP contribution in [0.5, 0.6) is 17.2 Å². The summed E-state index contributed by atoms with van der Waals surface area (Å²) in [6, 6.07) is 13.2. The van der Waals surface area contributed by atoms with Crippen molar-refractivity contribution >= 4 is 27.7 Å². The van der Waals surface area contributed by atoms with E-state index < -0.39 is 0 Å². The van der Waals surface area contributed by atoms with Gasteiger partial charge in [-0.15, -0.1) is 10.2 Å². The van der Waals surface area contributed by atoms with E-state index in [0.29, 0.717) is 22.5 Å². The number of methoxy groups -OCH3 is 2. The minimum Gasteiger partial charge on any atom is -0.497 e. The summed E-state index contributed by atoms with van der Waals surface area (Å²) in [5.41, 5.74) is 1.04. The summed E-state index contributed by atoms with van der Waals surface area (Å²) in [5, 5.41) is 8.86. The van der Waals surface area contributed by atoms with Gasteiger partial charge in [0, 0.05) is 21.9 Å². The van der Waals surface area contributed by atoms with Gasteiger partial charge in [0.05, 0.1) is 14.2 Å². The summed E-state index contributed by atoms with van der Waals surface area (Å²) in [5.74, 6) is 9.50. The summed E-state index contributed by atoms with van der Waals surface area (Å²) in [6.07, 6.45) is 0. The highest BCUT2D eigenvalue weighted by atomic mass is 79.9. The molecular formula is C18H19BrN4O3S. The number of nitrogens with zero attached hydrogens (tertiary/aromatic N) is 3. The summed E-state index contributed by atoms with van der Waals surface area (Å²) in [7, 11) is 3.26. The number of hydrogen-bond donors (Lipinski definition) is 1. The van der Waals surface area contributed by atoms with Crippen molar-refractivity contribution in [2.75, 3.05) is 20.1 Å². The van der Waals surface area contributed by atoms with Crippen molar-refractivity contribution in [2.45, 2.75) is 17.5 Å². The fraction of sp³-hybridized carbons (Fsp3) is 0.222. The second-order valence-electron chi connectivity index (χ2n) is 5.48. The second kappa shape index (κ2) is 9.01. The molecule has 0 bridgehead atoms. The number of halogens is 1. The van der Waals surface area contributed by atoms with E-state index in [0.717, 1.165) is 21.5 Å². The Kier molecular flexibility index (Phi) is 6.46. The molecule has 0 amide bonds. The summed E-state index contributed by atoms with van der Waals surface area (Å²) < 4.78 is 18.7. The third kappa shape index (κ3) is 4.86. The number of ether oxygens (including phenoxy) is 3. The van der Waals surface area contributed by atoms with Crippen molar-refractivity contribution in [3.05, 3.63) is 58.3 Å². The lowest BCUT2D eigenvalue weighted by Gasteiger charge is -2.09. The van der Waals surface area contributed by atoms with Gasteiger partial charge in [-0.05, 0) is 30.3 Å². The van der Waals surface area contributed by atoms with Crippen molar-refractivity contribution in [1.29, 1.82) is 0 Å². The number of hydrogen-bond acceptors (Lipinski definition) is 7. The molecule has 7 nitrogen and oxygen atoms in total. The maximum absolute atomic E-state index is 6.11. The molecule has 3 rings (SSSR count). The molecule has 0 aliphatic heterocycles. The first-order valence-electron chi connectivity index (χ1n) is 8.02. The van der Waals surface area contributed by atoms with Gasteiger partial charge in [0.25, 0.3) is 0 Å². The second-order valence-corrected chi connectivity index (χ2v) is 7.34. The molecule has 0 spiro atoms. The van der Waals surface area contributed by atoms with E-state index in [1.807, 2.05) is 36.4 Å². The van der Waals surface area contributed by atoms with E-state index in [2.05, 4.69) is 26.1 Å². The van der Waals surface area contributed by atoms with Crippen LogP contribution >= 0.6 is 27.7 Å². The molecule has 0 aliphatic rings. The summed E-state index contributed by atoms with van der Waals surface area (Å²) in [6.45, 7) is 0.206. The van der Waals surface area contributed by atoms with Gasteiger partial charge in [0.1, 0.15) is 23.9 Å². The fourth-order valence-corrected chi connectivity index (χ4v) is 3.61. The lowest BCUT2D eigenvalue weighted by atomic mass is 10.2. The molecule has 0 radical (unpaired) electrons. The number of nitrogens with two attached hydrogens (primary N) is 1. The van der Waals surface area contributed by atoms with Crippen LogP contribution < -0.4 is 20.1 Å². The lowest BCUT2D eigenvalue weighted by molar-refractivity contribution is 0.289. The summed E-state index contributed by atoms with van der Waals surface area (Å²) in [4.78, 5) is 0. The van der Waals surface area contributed by atoms with E-state index in [4.69, 9.17) is 20.1 Å². The minimum atomic E-state index is 0.206. The molecule has 9 heteroatoms. The van der Waals surface area contributed by atoms with Gasteiger partial charge in [-0.3, -0.25) is 0 Å². The van der Waals surface area contributed by atoms with Crippen molar-refractivity contribution in [2.24, 2.45) is 0 Å². The Balaban J connectivity index is 1.64. The van der Waals surface area contributed by atoms with Gasteiger partial charge < -0.3 is 20.1 Å². The van der Waals surface area contributed by atoms with Gasteiger partial charge in [-0.1, -0.05) is 33.8 Å². The van der Waals surface area contributed by atoms with Crippen LogP contribution in [-0.4, -0.2) is 29.1 Å². The standard InChI is InChI=1S/C18H19BrN4O3S/c1-24-14-4-3-5-15(9-14)26-10-17-21-22-18(23(17)20)27-11-12-8-13(19)6-7-16(12)25-2/h3-9H,10-11,20H2,1-2H3. The van der Waals surface area contributed by atoms with Crippen LogP contribution in [0.1, 0.15) is 11.4 Å². The lowest BCUT2D eigenvalue weighted by Crippen LogP contribution is -2.15. The normalized spacial score (nSPS) is 10.6. The molecule has 0 fully saturated rings.